The summed E-state index contributed by atoms with van der Waals surface area (Å²) in [7, 11) is 1.79. The Hall–Kier alpha value is -3.69. The summed E-state index contributed by atoms with van der Waals surface area (Å²) in [6.45, 7) is 3.11. The molecule has 0 bridgehead atoms. The molecule has 1 aromatic carbocycles. The molecule has 5 N–H and O–H groups in total. The fourth-order valence-corrected chi connectivity index (χ4v) is 3.80. The van der Waals surface area contributed by atoms with Crippen molar-refractivity contribution >= 4 is 29.2 Å². The first-order chi connectivity index (χ1) is 14.8. The zero-order valence-electron chi connectivity index (χ0n) is 17.5. The van der Waals surface area contributed by atoms with Crippen LogP contribution in [0.15, 0.2) is 30.3 Å². The Bertz CT molecular complexity index is 1130. The van der Waals surface area contributed by atoms with Gasteiger partial charge in [-0.3, -0.25) is 9.48 Å². The van der Waals surface area contributed by atoms with Crippen LogP contribution >= 0.6 is 0 Å². The predicted molar refractivity (Wildman–Crippen MR) is 118 cm³/mol. The summed E-state index contributed by atoms with van der Waals surface area (Å²) in [4.78, 5) is 23.4. The summed E-state index contributed by atoms with van der Waals surface area (Å²) in [5.41, 5.74) is 13.5. The Morgan fingerprint density at radius 2 is 2.03 bits per heavy atom. The second-order valence-corrected chi connectivity index (χ2v) is 7.77. The number of hydrogen-bond donors (Lipinski definition) is 3. The van der Waals surface area contributed by atoms with Gasteiger partial charge in [-0.05, 0) is 31.9 Å². The van der Waals surface area contributed by atoms with Crippen molar-refractivity contribution in [3.8, 4) is 11.3 Å². The van der Waals surface area contributed by atoms with Gasteiger partial charge < -0.3 is 21.7 Å². The summed E-state index contributed by atoms with van der Waals surface area (Å²) >= 11 is 0. The van der Waals surface area contributed by atoms with Gasteiger partial charge in [0.05, 0.1) is 23.0 Å². The van der Waals surface area contributed by atoms with E-state index in [1.807, 2.05) is 17.9 Å². The summed E-state index contributed by atoms with van der Waals surface area (Å²) in [5, 5.41) is 7.21. The molecular formula is C21H25FN8O. The molecule has 1 aliphatic rings. The number of carbonyl (C=O) groups excluding carboxylic acids is 1. The zero-order valence-corrected chi connectivity index (χ0v) is 17.5. The first-order valence-corrected chi connectivity index (χ1v) is 10.1. The van der Waals surface area contributed by atoms with Gasteiger partial charge in [0.15, 0.2) is 0 Å². The van der Waals surface area contributed by atoms with Gasteiger partial charge in [0.2, 0.25) is 11.9 Å². The molecule has 0 radical (unpaired) electrons. The average Bonchev–Trinajstić information content (AvgIpc) is 3.06. The number of benzene rings is 1. The van der Waals surface area contributed by atoms with E-state index >= 15 is 0 Å². The number of nitrogen functional groups attached to an aromatic ring is 2. The summed E-state index contributed by atoms with van der Waals surface area (Å²) in [5.74, 6) is 0.568. The van der Waals surface area contributed by atoms with Crippen LogP contribution in [-0.2, 0) is 11.8 Å². The van der Waals surface area contributed by atoms with E-state index in [9.17, 15) is 9.18 Å². The molecule has 0 spiro atoms. The van der Waals surface area contributed by atoms with Gasteiger partial charge in [0.25, 0.3) is 0 Å². The van der Waals surface area contributed by atoms with Crippen LogP contribution < -0.4 is 21.7 Å². The van der Waals surface area contributed by atoms with Crippen molar-refractivity contribution in [3.63, 3.8) is 0 Å². The lowest BCUT2D eigenvalue weighted by atomic mass is 9.97. The van der Waals surface area contributed by atoms with E-state index in [1.54, 1.807) is 23.9 Å². The van der Waals surface area contributed by atoms with Gasteiger partial charge >= 0.3 is 0 Å². The maximum absolute atomic E-state index is 13.9. The van der Waals surface area contributed by atoms with Crippen LogP contribution in [0.4, 0.5) is 27.7 Å². The monoisotopic (exact) mass is 424 g/mol. The number of nitrogens with zero attached hydrogens (tertiary/aromatic N) is 5. The molecule has 3 aromatic rings. The van der Waals surface area contributed by atoms with Crippen molar-refractivity contribution in [2.24, 2.45) is 13.0 Å². The largest absolute Gasteiger partial charge is 0.396 e. The number of rotatable bonds is 4. The van der Waals surface area contributed by atoms with E-state index in [4.69, 9.17) is 11.5 Å². The standard InChI is InChI=1S/C21H25FN8O/c1-12-8-18(29(2)28-12)26-20(31)14-4-3-7-30(11-14)19-10-17(25-21(24)27-19)13-5-6-16(23)15(22)9-13/h5-6,8-10,14H,3-4,7,11,23H2,1-2H3,(H,26,31)(H2,24,25,27)/t14-/m0/s1. The number of anilines is 4. The van der Waals surface area contributed by atoms with Gasteiger partial charge in [-0.1, -0.05) is 6.07 Å². The smallest absolute Gasteiger partial charge is 0.230 e. The first-order valence-electron chi connectivity index (χ1n) is 10.1. The fourth-order valence-electron chi connectivity index (χ4n) is 3.80. The van der Waals surface area contributed by atoms with E-state index in [2.05, 4.69) is 20.4 Å². The van der Waals surface area contributed by atoms with Crippen molar-refractivity contribution in [1.82, 2.24) is 19.7 Å². The summed E-state index contributed by atoms with van der Waals surface area (Å²) < 4.78 is 15.6. The van der Waals surface area contributed by atoms with Crippen LogP contribution in [0.2, 0.25) is 0 Å². The molecule has 31 heavy (non-hydrogen) atoms. The molecule has 1 fully saturated rings. The molecule has 0 saturated carbocycles. The number of nitrogens with two attached hydrogens (primary N) is 2. The number of halogens is 1. The molecule has 10 heteroatoms. The molecule has 1 saturated heterocycles. The van der Waals surface area contributed by atoms with Crippen LogP contribution in [-0.4, -0.2) is 38.7 Å². The average molecular weight is 424 g/mol. The molecule has 162 valence electrons. The number of hydrogen-bond acceptors (Lipinski definition) is 7. The van der Waals surface area contributed by atoms with E-state index in [0.717, 1.165) is 25.1 Å². The van der Waals surface area contributed by atoms with Crippen LogP contribution in [0.3, 0.4) is 0 Å². The molecule has 0 unspecified atom stereocenters. The van der Waals surface area contributed by atoms with Crippen LogP contribution in [0, 0.1) is 18.7 Å². The minimum atomic E-state index is -0.517. The number of aromatic nitrogens is 4. The molecule has 1 aliphatic heterocycles. The quantitative estimate of drug-likeness (QED) is 0.549. The highest BCUT2D eigenvalue weighted by atomic mass is 19.1. The summed E-state index contributed by atoms with van der Waals surface area (Å²) in [6, 6.07) is 8.09. The minimum absolute atomic E-state index is 0.0597. The molecule has 1 atom stereocenters. The lowest BCUT2D eigenvalue weighted by Gasteiger charge is -2.33. The topological polar surface area (TPSA) is 128 Å². The summed E-state index contributed by atoms with van der Waals surface area (Å²) in [6.07, 6.45) is 1.61. The number of nitrogens with one attached hydrogen (secondary N) is 1. The van der Waals surface area contributed by atoms with E-state index in [1.165, 1.54) is 12.1 Å². The first kappa shape index (κ1) is 20.6. The van der Waals surface area contributed by atoms with Crippen molar-refractivity contribution in [3.05, 3.63) is 41.8 Å². The van der Waals surface area contributed by atoms with Gasteiger partial charge in [-0.2, -0.15) is 10.1 Å². The van der Waals surface area contributed by atoms with Crippen molar-refractivity contribution in [2.75, 3.05) is 34.8 Å². The van der Waals surface area contributed by atoms with Gasteiger partial charge in [0.1, 0.15) is 17.5 Å². The van der Waals surface area contributed by atoms with Crippen molar-refractivity contribution in [1.29, 1.82) is 0 Å². The minimum Gasteiger partial charge on any atom is -0.396 e. The molecule has 1 amide bonds. The maximum Gasteiger partial charge on any atom is 0.230 e. The van der Waals surface area contributed by atoms with Crippen LogP contribution in [0.5, 0.6) is 0 Å². The van der Waals surface area contributed by atoms with E-state index < -0.39 is 5.82 Å². The molecule has 2 aromatic heterocycles. The Balaban J connectivity index is 1.54. The lowest BCUT2D eigenvalue weighted by molar-refractivity contribution is -0.120. The Morgan fingerprint density at radius 1 is 1.23 bits per heavy atom. The maximum atomic E-state index is 13.9. The molecule has 4 rings (SSSR count). The SMILES string of the molecule is Cc1cc(NC(=O)[C@H]2CCCN(c3cc(-c4ccc(N)c(F)c4)nc(N)n3)C2)n(C)n1. The second-order valence-electron chi connectivity index (χ2n) is 7.77. The number of piperidine rings is 1. The Morgan fingerprint density at radius 3 is 2.74 bits per heavy atom. The van der Waals surface area contributed by atoms with Gasteiger partial charge in [0, 0.05) is 37.8 Å². The second kappa shape index (κ2) is 8.21. The third kappa shape index (κ3) is 4.42. The highest BCUT2D eigenvalue weighted by Gasteiger charge is 2.27. The number of aryl methyl sites for hydroxylation is 2. The number of amides is 1. The Kier molecular flexibility index (Phi) is 5.45. The van der Waals surface area contributed by atoms with Gasteiger partial charge in [-0.15, -0.1) is 0 Å². The lowest BCUT2D eigenvalue weighted by Crippen LogP contribution is -2.41. The van der Waals surface area contributed by atoms with Crippen LogP contribution in [0.25, 0.3) is 11.3 Å². The van der Waals surface area contributed by atoms with Crippen molar-refractivity contribution < 1.29 is 9.18 Å². The van der Waals surface area contributed by atoms with E-state index in [0.29, 0.717) is 29.4 Å². The highest BCUT2D eigenvalue weighted by molar-refractivity contribution is 5.92. The van der Waals surface area contributed by atoms with Crippen molar-refractivity contribution in [2.45, 2.75) is 19.8 Å². The molecule has 9 nitrogen and oxygen atoms in total. The van der Waals surface area contributed by atoms with Crippen LogP contribution in [0.1, 0.15) is 18.5 Å². The molecule has 0 aliphatic carbocycles. The fraction of sp³-hybridized carbons (Fsp3) is 0.333. The molecular weight excluding hydrogens is 399 g/mol. The number of carbonyl (C=O) groups is 1. The predicted octanol–water partition coefficient (Wildman–Crippen LogP) is 2.34. The third-order valence-electron chi connectivity index (χ3n) is 5.40. The normalized spacial score (nSPS) is 16.4. The molecule has 3 heterocycles. The van der Waals surface area contributed by atoms with E-state index in [-0.39, 0.29) is 23.5 Å². The third-order valence-corrected chi connectivity index (χ3v) is 5.40. The van der Waals surface area contributed by atoms with Gasteiger partial charge in [-0.25, -0.2) is 9.37 Å². The zero-order chi connectivity index (χ0) is 22.1. The Labute approximate surface area is 179 Å². The highest BCUT2D eigenvalue weighted by Crippen LogP contribution is 2.28.